The second-order valence-electron chi connectivity index (χ2n) is 20.2. The number of thiazole rings is 1. The summed E-state index contributed by atoms with van der Waals surface area (Å²) in [5, 5.41) is 27.6. The zero-order valence-electron chi connectivity index (χ0n) is 42.6. The van der Waals surface area contributed by atoms with E-state index in [1.807, 2.05) is 89.2 Å². The van der Waals surface area contributed by atoms with Crippen LogP contribution in [0.25, 0.3) is 10.4 Å². The number of anilines is 1. The van der Waals surface area contributed by atoms with E-state index in [1.54, 1.807) is 16.8 Å². The number of aromatic nitrogens is 1. The number of nitrogens with one attached hydrogen (secondary N) is 4. The van der Waals surface area contributed by atoms with E-state index in [4.69, 9.17) is 5.14 Å². The Morgan fingerprint density at radius 3 is 2.23 bits per heavy atom. The molecule has 17 nitrogen and oxygen atoms in total. The molecule has 4 aromatic rings. The third-order valence-electron chi connectivity index (χ3n) is 13.4. The SMILES string of the molecule is Cc1ncsc1-c1ccc([C@H](C)NC(=O)[C@@H]2C[C@@H](O)CN2C(=O)C(NC(=O)CCCCNC(=O)C2CCN(CCC(CSc3ccccc3)Nc3ccc(S(N)(=O)=O)cc3S(=O)(=O)C(F)(F)F)CC2)C(C)(C)C)cc1. The summed E-state index contributed by atoms with van der Waals surface area (Å²) in [5.41, 5.74) is -2.25. The summed E-state index contributed by atoms with van der Waals surface area (Å²) >= 11 is 2.96. The van der Waals surface area contributed by atoms with Gasteiger partial charge in [0.05, 0.1) is 38.8 Å². The molecular weight excluding hydrogens is 1050 g/mol. The number of piperidine rings is 1. The number of carbonyl (C=O) groups excluding carboxylic acids is 4. The molecular formula is C51H67F3N8O9S4. The summed E-state index contributed by atoms with van der Waals surface area (Å²) in [6.07, 6.45) is 1.56. The Balaban J connectivity index is 0.952. The highest BCUT2D eigenvalue weighted by Crippen LogP contribution is 2.37. The van der Waals surface area contributed by atoms with E-state index < -0.39 is 82.3 Å². The van der Waals surface area contributed by atoms with Crippen LogP contribution >= 0.6 is 23.1 Å². The van der Waals surface area contributed by atoms with Gasteiger partial charge in [-0.05, 0) is 106 Å². The molecule has 3 heterocycles. The maximum atomic E-state index is 14.1. The molecule has 0 radical (unpaired) electrons. The molecule has 75 heavy (non-hydrogen) atoms. The minimum atomic E-state index is -5.99. The Hall–Kier alpha value is -5.11. The Morgan fingerprint density at radius 2 is 1.61 bits per heavy atom. The van der Waals surface area contributed by atoms with Gasteiger partial charge in [-0.25, -0.2) is 27.0 Å². The van der Waals surface area contributed by atoms with Crippen molar-refractivity contribution in [2.75, 3.05) is 43.8 Å². The predicted octanol–water partition coefficient (Wildman–Crippen LogP) is 6.39. The third kappa shape index (κ3) is 16.0. The van der Waals surface area contributed by atoms with Crippen molar-refractivity contribution in [2.24, 2.45) is 16.5 Å². The average molecular weight is 1120 g/mol. The normalized spacial score (nSPS) is 18.2. The first-order valence-corrected chi connectivity index (χ1v) is 29.6. The molecule has 410 valence electrons. The van der Waals surface area contributed by atoms with E-state index in [0.29, 0.717) is 70.1 Å². The van der Waals surface area contributed by atoms with Crippen LogP contribution < -0.4 is 26.4 Å². The zero-order chi connectivity index (χ0) is 54.9. The Kier molecular flexibility index (Phi) is 20.0. The van der Waals surface area contributed by atoms with Crippen LogP contribution in [0.3, 0.4) is 0 Å². The molecule has 24 heteroatoms. The number of hydrogen-bond acceptors (Lipinski definition) is 14. The number of aliphatic hydroxyl groups is 1. The van der Waals surface area contributed by atoms with E-state index in [9.17, 15) is 54.3 Å². The van der Waals surface area contributed by atoms with Gasteiger partial charge in [0, 0.05) is 55.1 Å². The van der Waals surface area contributed by atoms with E-state index in [2.05, 4.69) is 31.2 Å². The maximum absolute atomic E-state index is 14.1. The zero-order valence-corrected chi connectivity index (χ0v) is 45.8. The Bertz CT molecular complexity index is 2840. The lowest BCUT2D eigenvalue weighted by Crippen LogP contribution is -2.57. The molecule has 2 aliphatic rings. The first-order valence-electron chi connectivity index (χ1n) is 24.7. The highest BCUT2D eigenvalue weighted by molar-refractivity contribution is 7.99. The maximum Gasteiger partial charge on any atom is 0.501 e. The largest absolute Gasteiger partial charge is 0.501 e. The second-order valence-corrected chi connectivity index (χ2v) is 25.6. The number of nitrogens with zero attached hydrogens (tertiary/aromatic N) is 3. The number of sulfonamides is 1. The van der Waals surface area contributed by atoms with E-state index >= 15 is 0 Å². The number of nitrogens with two attached hydrogens (primary N) is 1. The summed E-state index contributed by atoms with van der Waals surface area (Å²) in [4.78, 5) is 62.1. The van der Waals surface area contributed by atoms with E-state index in [-0.39, 0.29) is 43.2 Å². The van der Waals surface area contributed by atoms with Gasteiger partial charge in [0.15, 0.2) is 0 Å². The van der Waals surface area contributed by atoms with Crippen LogP contribution in [0.4, 0.5) is 18.9 Å². The highest BCUT2D eigenvalue weighted by atomic mass is 32.2. The lowest BCUT2D eigenvalue weighted by molar-refractivity contribution is -0.144. The van der Waals surface area contributed by atoms with Crippen molar-refractivity contribution >= 4 is 72.3 Å². The van der Waals surface area contributed by atoms with Gasteiger partial charge in [-0.15, -0.1) is 23.1 Å². The summed E-state index contributed by atoms with van der Waals surface area (Å²) in [6, 6.07) is 16.5. The molecule has 2 unspecified atom stereocenters. The van der Waals surface area contributed by atoms with Crippen molar-refractivity contribution in [1.29, 1.82) is 0 Å². The number of amides is 4. The number of thioether (sulfide) groups is 1. The molecule has 4 amide bonds. The van der Waals surface area contributed by atoms with E-state index in [0.717, 1.165) is 38.7 Å². The van der Waals surface area contributed by atoms with Crippen LogP contribution in [-0.4, -0.2) is 129 Å². The predicted molar refractivity (Wildman–Crippen MR) is 283 cm³/mol. The van der Waals surface area contributed by atoms with Gasteiger partial charge in [0.25, 0.3) is 9.84 Å². The quantitative estimate of drug-likeness (QED) is 0.0369. The molecule has 6 rings (SSSR count). The number of carbonyl (C=O) groups is 4. The minimum absolute atomic E-state index is 0.0553. The first kappa shape index (κ1) is 59.1. The number of primary sulfonamides is 1. The van der Waals surface area contributed by atoms with Gasteiger partial charge >= 0.3 is 5.51 Å². The smallest absolute Gasteiger partial charge is 0.391 e. The van der Waals surface area contributed by atoms with Gasteiger partial charge in [0.2, 0.25) is 33.7 Å². The van der Waals surface area contributed by atoms with Gasteiger partial charge in [-0.3, -0.25) is 19.2 Å². The average Bonchev–Trinajstić information content (AvgIpc) is 3.98. The molecule has 0 spiro atoms. The lowest BCUT2D eigenvalue weighted by Gasteiger charge is -2.35. The molecule has 0 saturated carbocycles. The fourth-order valence-corrected chi connectivity index (χ4v) is 12.4. The van der Waals surface area contributed by atoms with Crippen molar-refractivity contribution in [3.8, 4) is 10.4 Å². The number of benzene rings is 3. The van der Waals surface area contributed by atoms with E-state index in [1.165, 1.54) is 16.7 Å². The van der Waals surface area contributed by atoms with Crippen molar-refractivity contribution in [2.45, 2.75) is 130 Å². The van der Waals surface area contributed by atoms with Crippen molar-refractivity contribution in [1.82, 2.24) is 30.7 Å². The molecule has 2 saturated heterocycles. The molecule has 0 aliphatic carbocycles. The lowest BCUT2D eigenvalue weighted by atomic mass is 9.85. The molecule has 5 atom stereocenters. The summed E-state index contributed by atoms with van der Waals surface area (Å²) < 4.78 is 90.8. The number of alkyl halides is 3. The van der Waals surface area contributed by atoms with Gasteiger partial charge in [-0.2, -0.15) is 13.2 Å². The minimum Gasteiger partial charge on any atom is -0.391 e. The summed E-state index contributed by atoms with van der Waals surface area (Å²) in [5.74, 6) is -1.32. The number of aliphatic hydroxyl groups excluding tert-OH is 1. The molecule has 2 fully saturated rings. The molecule has 7 N–H and O–H groups in total. The number of unbranched alkanes of at least 4 members (excludes halogenated alkanes) is 1. The van der Waals surface area contributed by atoms with Gasteiger partial charge < -0.3 is 36.2 Å². The molecule has 1 aromatic heterocycles. The van der Waals surface area contributed by atoms with Gasteiger partial charge in [-0.1, -0.05) is 63.2 Å². The van der Waals surface area contributed by atoms with Crippen molar-refractivity contribution < 1.29 is 54.3 Å². The monoisotopic (exact) mass is 1120 g/mol. The fraction of sp³-hybridized carbons (Fsp3) is 0.510. The topological polar surface area (TPSA) is 250 Å². The van der Waals surface area contributed by atoms with Crippen molar-refractivity contribution in [3.05, 3.63) is 89.6 Å². The van der Waals surface area contributed by atoms with Crippen molar-refractivity contribution in [3.63, 3.8) is 0 Å². The number of likely N-dealkylation sites (tertiary alicyclic amines) is 2. The Labute approximate surface area is 445 Å². The fourth-order valence-electron chi connectivity index (χ4n) is 9.05. The van der Waals surface area contributed by atoms with Crippen LogP contribution in [0.1, 0.15) is 89.9 Å². The summed E-state index contributed by atoms with van der Waals surface area (Å²) in [6.45, 7) is 11.1. The Morgan fingerprint density at radius 1 is 0.933 bits per heavy atom. The standard InChI is InChI=1S/C51H67F3N8O9S4/c1-32(34-14-16-35(17-15-34)45-33(2)57-31-73-45)58-48(66)42-27-38(63)29-62(42)49(67)46(50(3,4)5)60-44(64)13-9-10-23-56-47(65)36-20-24-61(25-21-36)26-22-37(30-72-39-11-7-6-8-12-39)59-41-19-18-40(75(55,70)71)28-43(41)74(68,69)51(52,53)54/h6-8,11-12,14-19,28,31-32,36-38,42,46,59,63H,9-10,13,20-27,29-30H2,1-5H3,(H,56,65)(H,58,66)(H,60,64)(H2,55,70,71)/t32-,37?,38+,42-,46?/m0/s1. The number of halogens is 3. The number of β-amino-alcohol motifs (C(OH)–C–C–N with tert-alkyl or cyclic N) is 1. The van der Waals surface area contributed by atoms with Crippen LogP contribution in [-0.2, 0) is 39.0 Å². The molecule has 3 aromatic carbocycles. The number of aryl methyl sites for hydroxylation is 1. The number of rotatable bonds is 22. The van der Waals surface area contributed by atoms with Crippen LogP contribution in [0.15, 0.2) is 93.0 Å². The first-order chi connectivity index (χ1) is 35.2. The molecule has 2 aliphatic heterocycles. The van der Waals surface area contributed by atoms with Crippen LogP contribution in [0.2, 0.25) is 0 Å². The number of sulfone groups is 1. The number of hydrogen-bond donors (Lipinski definition) is 6. The van der Waals surface area contributed by atoms with Crippen LogP contribution in [0.5, 0.6) is 0 Å². The second kappa shape index (κ2) is 25.4. The highest BCUT2D eigenvalue weighted by Gasteiger charge is 2.49. The molecule has 0 bridgehead atoms. The summed E-state index contributed by atoms with van der Waals surface area (Å²) in [7, 11) is -10.5. The third-order valence-corrected chi connectivity index (χ3v) is 18.0. The van der Waals surface area contributed by atoms with Gasteiger partial charge in [0.1, 0.15) is 17.0 Å². The van der Waals surface area contributed by atoms with Crippen LogP contribution in [0, 0.1) is 18.3 Å².